The third kappa shape index (κ3) is 4.18. The quantitative estimate of drug-likeness (QED) is 0.828. The molecule has 0 saturated carbocycles. The van der Waals surface area contributed by atoms with Crippen molar-refractivity contribution in [2.75, 3.05) is 7.11 Å². The van der Waals surface area contributed by atoms with Crippen LogP contribution < -0.4 is 5.32 Å². The second-order valence-corrected chi connectivity index (χ2v) is 5.69. The van der Waals surface area contributed by atoms with Crippen LogP contribution in [0, 0.1) is 6.92 Å². The van der Waals surface area contributed by atoms with Gasteiger partial charge in [-0.05, 0) is 23.9 Å². The van der Waals surface area contributed by atoms with Gasteiger partial charge in [0.05, 0.1) is 19.6 Å². The number of ether oxygens (including phenoxy) is 1. The third-order valence-electron chi connectivity index (χ3n) is 3.16. The zero-order chi connectivity index (χ0) is 14.4. The lowest BCUT2D eigenvalue weighted by Gasteiger charge is -2.16. The summed E-state index contributed by atoms with van der Waals surface area (Å²) in [5, 5.41) is 5.45. The molecule has 0 fully saturated rings. The van der Waals surface area contributed by atoms with E-state index < -0.39 is 0 Å². The molecule has 0 spiro atoms. The molecule has 1 N–H and O–H groups in total. The number of nitrogens with one attached hydrogen (secondary N) is 1. The largest absolute Gasteiger partial charge is 0.469 e. The zero-order valence-corrected chi connectivity index (χ0v) is 12.6. The van der Waals surface area contributed by atoms with Crippen molar-refractivity contribution in [1.29, 1.82) is 0 Å². The van der Waals surface area contributed by atoms with E-state index in [-0.39, 0.29) is 12.0 Å². The van der Waals surface area contributed by atoms with Gasteiger partial charge in [0.15, 0.2) is 0 Å². The van der Waals surface area contributed by atoms with Gasteiger partial charge in [-0.3, -0.25) is 4.79 Å². The highest BCUT2D eigenvalue weighted by molar-refractivity contribution is 7.10. The summed E-state index contributed by atoms with van der Waals surface area (Å²) >= 11 is 1.65. The van der Waals surface area contributed by atoms with E-state index in [1.54, 1.807) is 11.3 Å². The van der Waals surface area contributed by atoms with Gasteiger partial charge in [-0.15, -0.1) is 11.3 Å². The molecular weight excluding hydrogens is 270 g/mol. The molecule has 1 aromatic heterocycles. The van der Waals surface area contributed by atoms with Gasteiger partial charge >= 0.3 is 5.97 Å². The Hall–Kier alpha value is -1.65. The van der Waals surface area contributed by atoms with E-state index >= 15 is 0 Å². The standard InChI is InChI=1S/C16H19NO2S/c1-12-5-7-13(8-6-12)11-17-14(10-16(18)19-2)15-4-3-9-20-15/h3-9,14,17H,10-11H2,1-2H3. The number of carbonyl (C=O) groups is 1. The first-order chi connectivity index (χ1) is 9.69. The Balaban J connectivity index is 2.00. The molecule has 2 rings (SSSR count). The van der Waals surface area contributed by atoms with Crippen LogP contribution in [0.5, 0.6) is 0 Å². The average molecular weight is 289 g/mol. The summed E-state index contributed by atoms with van der Waals surface area (Å²) in [4.78, 5) is 12.7. The predicted molar refractivity (Wildman–Crippen MR) is 81.7 cm³/mol. The summed E-state index contributed by atoms with van der Waals surface area (Å²) in [5.41, 5.74) is 2.46. The fourth-order valence-corrected chi connectivity index (χ4v) is 2.76. The Morgan fingerprint density at radius 2 is 2.05 bits per heavy atom. The van der Waals surface area contributed by atoms with Gasteiger partial charge in [-0.2, -0.15) is 0 Å². The first-order valence-corrected chi connectivity index (χ1v) is 7.46. The maximum absolute atomic E-state index is 11.5. The minimum atomic E-state index is -0.195. The molecule has 3 nitrogen and oxygen atoms in total. The van der Waals surface area contributed by atoms with Crippen LogP contribution in [-0.2, 0) is 16.1 Å². The monoisotopic (exact) mass is 289 g/mol. The van der Waals surface area contributed by atoms with E-state index in [0.29, 0.717) is 6.42 Å². The van der Waals surface area contributed by atoms with Gasteiger partial charge in [0.2, 0.25) is 0 Å². The normalized spacial score (nSPS) is 12.1. The van der Waals surface area contributed by atoms with Crippen molar-refractivity contribution in [2.45, 2.75) is 25.9 Å². The highest BCUT2D eigenvalue weighted by atomic mass is 32.1. The zero-order valence-electron chi connectivity index (χ0n) is 11.8. The second-order valence-electron chi connectivity index (χ2n) is 4.71. The highest BCUT2D eigenvalue weighted by Gasteiger charge is 2.16. The first-order valence-electron chi connectivity index (χ1n) is 6.58. The number of aryl methyl sites for hydroxylation is 1. The summed E-state index contributed by atoms with van der Waals surface area (Å²) in [6, 6.07) is 12.4. The molecule has 0 aliphatic heterocycles. The molecule has 20 heavy (non-hydrogen) atoms. The Morgan fingerprint density at radius 3 is 2.65 bits per heavy atom. The maximum atomic E-state index is 11.5. The molecule has 0 radical (unpaired) electrons. The van der Waals surface area contributed by atoms with Gasteiger partial charge in [0.25, 0.3) is 0 Å². The third-order valence-corrected chi connectivity index (χ3v) is 4.14. The average Bonchev–Trinajstić information content (AvgIpc) is 2.99. The molecule has 4 heteroatoms. The molecule has 106 valence electrons. The van der Waals surface area contributed by atoms with E-state index in [0.717, 1.165) is 11.4 Å². The van der Waals surface area contributed by atoms with Crippen LogP contribution in [0.1, 0.15) is 28.5 Å². The number of carbonyl (C=O) groups excluding carboxylic acids is 1. The molecule has 0 aliphatic rings. The van der Waals surface area contributed by atoms with Crippen molar-refractivity contribution in [1.82, 2.24) is 5.32 Å². The van der Waals surface area contributed by atoms with Gasteiger partial charge in [0, 0.05) is 11.4 Å². The van der Waals surface area contributed by atoms with E-state index in [1.165, 1.54) is 18.2 Å². The minimum Gasteiger partial charge on any atom is -0.469 e. The van der Waals surface area contributed by atoms with E-state index in [9.17, 15) is 4.79 Å². The van der Waals surface area contributed by atoms with Crippen LogP contribution in [0.4, 0.5) is 0 Å². The molecule has 1 heterocycles. The highest BCUT2D eigenvalue weighted by Crippen LogP contribution is 2.23. The molecule has 2 aromatic rings. The van der Waals surface area contributed by atoms with Crippen LogP contribution in [0.3, 0.4) is 0 Å². The Kier molecular flexibility index (Phi) is 5.32. The van der Waals surface area contributed by atoms with Crippen molar-refractivity contribution in [3.63, 3.8) is 0 Å². The summed E-state index contributed by atoms with van der Waals surface area (Å²) in [7, 11) is 1.42. The Morgan fingerprint density at radius 1 is 1.30 bits per heavy atom. The van der Waals surface area contributed by atoms with Crippen molar-refractivity contribution >= 4 is 17.3 Å². The Bertz CT molecular complexity index is 534. The summed E-state index contributed by atoms with van der Waals surface area (Å²) in [6.07, 6.45) is 0.350. The van der Waals surface area contributed by atoms with Crippen LogP contribution >= 0.6 is 11.3 Å². The lowest BCUT2D eigenvalue weighted by molar-refractivity contribution is -0.141. The van der Waals surface area contributed by atoms with Crippen LogP contribution in [0.2, 0.25) is 0 Å². The summed E-state index contributed by atoms with van der Waals surface area (Å²) in [5.74, 6) is -0.195. The van der Waals surface area contributed by atoms with Crippen molar-refractivity contribution in [3.05, 3.63) is 57.8 Å². The molecule has 0 bridgehead atoms. The second kappa shape index (κ2) is 7.22. The van der Waals surface area contributed by atoms with Crippen LogP contribution in [0.15, 0.2) is 41.8 Å². The van der Waals surface area contributed by atoms with Crippen molar-refractivity contribution in [2.24, 2.45) is 0 Å². The van der Waals surface area contributed by atoms with E-state index in [1.807, 2.05) is 17.5 Å². The van der Waals surface area contributed by atoms with Gasteiger partial charge in [0.1, 0.15) is 0 Å². The van der Waals surface area contributed by atoms with Crippen molar-refractivity contribution < 1.29 is 9.53 Å². The number of benzene rings is 1. The molecular formula is C16H19NO2S. The lowest BCUT2D eigenvalue weighted by atomic mass is 10.1. The number of rotatable bonds is 6. The number of esters is 1. The van der Waals surface area contributed by atoms with E-state index in [2.05, 4.69) is 36.5 Å². The number of thiophene rings is 1. The predicted octanol–water partition coefficient (Wildman–Crippen LogP) is 3.45. The minimum absolute atomic E-state index is 0.00348. The maximum Gasteiger partial charge on any atom is 0.307 e. The topological polar surface area (TPSA) is 38.3 Å². The lowest BCUT2D eigenvalue weighted by Crippen LogP contribution is -2.23. The van der Waals surface area contributed by atoms with Crippen LogP contribution in [-0.4, -0.2) is 13.1 Å². The molecule has 1 aromatic carbocycles. The molecule has 0 aliphatic carbocycles. The Labute approximate surface area is 123 Å². The first kappa shape index (κ1) is 14.8. The smallest absolute Gasteiger partial charge is 0.307 e. The summed E-state index contributed by atoms with van der Waals surface area (Å²) in [6.45, 7) is 2.81. The van der Waals surface area contributed by atoms with Gasteiger partial charge in [-0.25, -0.2) is 0 Å². The fraction of sp³-hybridized carbons (Fsp3) is 0.312. The molecule has 0 saturated heterocycles. The molecule has 1 unspecified atom stereocenters. The van der Waals surface area contributed by atoms with Gasteiger partial charge < -0.3 is 10.1 Å². The van der Waals surface area contributed by atoms with Gasteiger partial charge in [-0.1, -0.05) is 35.9 Å². The molecule has 0 amide bonds. The number of methoxy groups -OCH3 is 1. The van der Waals surface area contributed by atoms with E-state index in [4.69, 9.17) is 4.74 Å². The van der Waals surface area contributed by atoms with Crippen molar-refractivity contribution in [3.8, 4) is 0 Å². The SMILES string of the molecule is COC(=O)CC(NCc1ccc(C)cc1)c1cccs1. The summed E-state index contributed by atoms with van der Waals surface area (Å²) < 4.78 is 4.77. The number of hydrogen-bond donors (Lipinski definition) is 1. The molecule has 1 atom stereocenters. The fourth-order valence-electron chi connectivity index (χ4n) is 1.96. The van der Waals surface area contributed by atoms with Crippen LogP contribution in [0.25, 0.3) is 0 Å². The number of hydrogen-bond acceptors (Lipinski definition) is 4.